The number of benzene rings is 3. The number of nitrogens with one attached hydrogen (secondary N) is 3. The topological polar surface area (TPSA) is 187 Å². The molecule has 8 N–H and O–H groups in total. The Balaban J connectivity index is 1.58. The van der Waals surface area contributed by atoms with Crippen LogP contribution in [0.15, 0.2) is 76.2 Å². The Bertz CT molecular complexity index is 1580. The molecule has 2 aromatic rings. The number of primary amides is 1. The second kappa shape index (κ2) is 11.7. The molecule has 0 fully saturated rings. The van der Waals surface area contributed by atoms with Crippen molar-refractivity contribution in [3.63, 3.8) is 0 Å². The van der Waals surface area contributed by atoms with Crippen LogP contribution in [0.4, 0.5) is 5.69 Å². The Hall–Kier alpha value is -4.87. The van der Waals surface area contributed by atoms with Crippen molar-refractivity contribution in [2.24, 2.45) is 5.73 Å². The maximum Gasteiger partial charge on any atom is 0.336 e. The first-order valence-corrected chi connectivity index (χ1v) is 12.1. The third-order valence-electron chi connectivity index (χ3n) is 6.25. The monoisotopic (exact) mass is 532 g/mol. The molecule has 0 saturated carbocycles. The number of rotatable bonds is 12. The maximum absolute atomic E-state index is 12.4. The first kappa shape index (κ1) is 27.2. The molecule has 11 heteroatoms. The number of carbonyl (C=O) groups excluding carboxylic acids is 1. The molecule has 11 nitrogen and oxygen atoms in total. The van der Waals surface area contributed by atoms with E-state index in [4.69, 9.17) is 15.4 Å². The van der Waals surface area contributed by atoms with E-state index in [2.05, 4.69) is 17.2 Å². The van der Waals surface area contributed by atoms with Gasteiger partial charge in [-0.15, -0.1) is 0 Å². The minimum atomic E-state index is -1.16. The van der Waals surface area contributed by atoms with Gasteiger partial charge in [0.1, 0.15) is 23.1 Å². The van der Waals surface area contributed by atoms with Gasteiger partial charge < -0.3 is 36.2 Å². The lowest BCUT2D eigenvalue weighted by atomic mass is 9.90. The molecular formula is C28H28N4O7. The number of hydrogen-bond acceptors (Lipinski definition) is 9. The molecule has 0 saturated heterocycles. The molecule has 0 spiro atoms. The molecule has 1 aliphatic heterocycles. The van der Waals surface area contributed by atoms with Crippen molar-refractivity contribution in [1.29, 1.82) is 0 Å². The molecule has 1 aliphatic carbocycles. The standard InChI is InChI=1S/C28H28N4O7/c1-15(30-11-3-2-4-23(32-38)27(29)35)31-16-5-8-19(22(12-16)28(36)37)26-20-9-6-17(33)13-24(20)39-25-14-18(34)7-10-21(25)26/h5-10,12-14,23,30-33,38H,1-4,11H2,(H2,29,35)(H,36,37). The number of anilines is 1. The zero-order valence-corrected chi connectivity index (χ0v) is 20.9. The highest BCUT2D eigenvalue weighted by molar-refractivity contribution is 6.08. The van der Waals surface area contributed by atoms with E-state index < -0.39 is 17.9 Å². The van der Waals surface area contributed by atoms with E-state index in [1.54, 1.807) is 24.3 Å². The number of unbranched alkanes of at least 4 members (excludes halogenated alkanes) is 1. The van der Waals surface area contributed by atoms with Gasteiger partial charge in [-0.05, 0) is 61.2 Å². The summed E-state index contributed by atoms with van der Waals surface area (Å²) in [6.07, 6.45) is 1.67. The summed E-state index contributed by atoms with van der Waals surface area (Å²) in [6.45, 7) is 4.44. The van der Waals surface area contributed by atoms with Crippen molar-refractivity contribution in [3.05, 3.63) is 82.8 Å². The van der Waals surface area contributed by atoms with Crippen molar-refractivity contribution in [2.75, 3.05) is 11.9 Å². The summed E-state index contributed by atoms with van der Waals surface area (Å²) in [5, 5.41) is 35.7. The summed E-state index contributed by atoms with van der Waals surface area (Å²) in [4.78, 5) is 35.5. The molecule has 1 amide bonds. The SMILES string of the molecule is C=C(NCCCCC(NO)C(N)=O)Nc1ccc(-c2c3ccc(=O)cc-3oc3cc(O)ccc23)c(C(=O)O)c1. The summed E-state index contributed by atoms with van der Waals surface area (Å²) < 4.78 is 5.85. The minimum absolute atomic E-state index is 0.00914. The Morgan fingerprint density at radius 2 is 1.79 bits per heavy atom. The quantitative estimate of drug-likeness (QED) is 0.0809. The summed E-state index contributed by atoms with van der Waals surface area (Å²) in [5.41, 5.74) is 9.11. The number of aromatic carboxylic acids is 1. The van der Waals surface area contributed by atoms with Crippen LogP contribution in [0, 0.1) is 0 Å². The van der Waals surface area contributed by atoms with Gasteiger partial charge in [0.2, 0.25) is 5.91 Å². The number of hydrogen-bond donors (Lipinski definition) is 7. The highest BCUT2D eigenvalue weighted by atomic mass is 16.5. The van der Waals surface area contributed by atoms with Gasteiger partial charge in [0.05, 0.1) is 11.4 Å². The fourth-order valence-corrected chi connectivity index (χ4v) is 4.37. The van der Waals surface area contributed by atoms with E-state index in [-0.39, 0.29) is 22.5 Å². The van der Waals surface area contributed by atoms with Crippen LogP contribution >= 0.6 is 0 Å². The third-order valence-corrected chi connectivity index (χ3v) is 6.25. The van der Waals surface area contributed by atoms with Crippen molar-refractivity contribution in [1.82, 2.24) is 10.8 Å². The fourth-order valence-electron chi connectivity index (χ4n) is 4.37. The van der Waals surface area contributed by atoms with Gasteiger partial charge in [-0.3, -0.25) is 9.59 Å². The zero-order valence-electron chi connectivity index (χ0n) is 20.9. The Morgan fingerprint density at radius 3 is 2.51 bits per heavy atom. The number of hydroxylamine groups is 1. The average Bonchev–Trinajstić information content (AvgIpc) is 2.89. The summed E-state index contributed by atoms with van der Waals surface area (Å²) in [6, 6.07) is 12.9. The molecule has 0 bridgehead atoms. The number of carbonyl (C=O) groups is 2. The molecule has 1 unspecified atom stereocenters. The van der Waals surface area contributed by atoms with Crippen LogP contribution in [0.3, 0.4) is 0 Å². The predicted octanol–water partition coefficient (Wildman–Crippen LogP) is 3.44. The van der Waals surface area contributed by atoms with Gasteiger partial charge in [0.25, 0.3) is 0 Å². The van der Waals surface area contributed by atoms with Crippen LogP contribution in [0.25, 0.3) is 33.4 Å². The minimum Gasteiger partial charge on any atom is -0.508 e. The summed E-state index contributed by atoms with van der Waals surface area (Å²) in [7, 11) is 0. The van der Waals surface area contributed by atoms with Crippen LogP contribution in [0.1, 0.15) is 29.6 Å². The van der Waals surface area contributed by atoms with E-state index in [1.165, 1.54) is 30.3 Å². The second-order valence-electron chi connectivity index (χ2n) is 8.99. The van der Waals surface area contributed by atoms with Gasteiger partial charge in [-0.25, -0.2) is 4.79 Å². The van der Waals surface area contributed by atoms with Crippen LogP contribution in [0.5, 0.6) is 5.75 Å². The van der Waals surface area contributed by atoms with Crippen molar-refractivity contribution < 1.29 is 29.4 Å². The molecule has 39 heavy (non-hydrogen) atoms. The molecular weight excluding hydrogens is 504 g/mol. The fraction of sp³-hybridized carbons (Fsp3) is 0.179. The third kappa shape index (κ3) is 6.17. The molecule has 0 radical (unpaired) electrons. The van der Waals surface area contributed by atoms with Crippen LogP contribution in [-0.4, -0.2) is 39.9 Å². The number of carboxylic acid groups (broad SMARTS) is 1. The molecule has 2 aromatic carbocycles. The first-order valence-electron chi connectivity index (χ1n) is 12.1. The lowest BCUT2D eigenvalue weighted by Crippen LogP contribution is -2.39. The number of phenols is 1. The highest BCUT2D eigenvalue weighted by Crippen LogP contribution is 2.42. The van der Waals surface area contributed by atoms with Crippen LogP contribution in [-0.2, 0) is 4.79 Å². The average molecular weight is 533 g/mol. The molecule has 2 aliphatic rings. The van der Waals surface area contributed by atoms with E-state index in [0.717, 1.165) is 0 Å². The normalized spacial score (nSPS) is 11.8. The Labute approximate surface area is 222 Å². The van der Waals surface area contributed by atoms with E-state index in [1.807, 2.05) is 5.48 Å². The lowest BCUT2D eigenvalue weighted by molar-refractivity contribution is -0.122. The molecule has 4 rings (SSSR count). The maximum atomic E-state index is 12.4. The molecule has 1 atom stereocenters. The van der Waals surface area contributed by atoms with E-state index >= 15 is 0 Å². The molecule has 1 heterocycles. The number of carboxylic acids is 1. The van der Waals surface area contributed by atoms with Crippen molar-refractivity contribution in [2.45, 2.75) is 25.3 Å². The van der Waals surface area contributed by atoms with Gasteiger partial charge in [-0.1, -0.05) is 12.6 Å². The number of amides is 1. The number of phenolic OH excluding ortho intramolecular Hbond substituents is 1. The van der Waals surface area contributed by atoms with E-state index in [9.17, 15) is 24.6 Å². The predicted molar refractivity (Wildman–Crippen MR) is 146 cm³/mol. The highest BCUT2D eigenvalue weighted by Gasteiger charge is 2.22. The zero-order chi connectivity index (χ0) is 28.1. The van der Waals surface area contributed by atoms with Crippen molar-refractivity contribution in [3.8, 4) is 28.2 Å². The van der Waals surface area contributed by atoms with Gasteiger partial charge >= 0.3 is 5.97 Å². The molecule has 202 valence electrons. The van der Waals surface area contributed by atoms with Crippen molar-refractivity contribution >= 4 is 28.5 Å². The number of fused-ring (bicyclic) bond motifs is 2. The largest absolute Gasteiger partial charge is 0.508 e. The lowest BCUT2D eigenvalue weighted by Gasteiger charge is -2.18. The Morgan fingerprint density at radius 1 is 1.03 bits per heavy atom. The number of nitrogens with two attached hydrogens (primary N) is 1. The molecule has 0 aromatic heterocycles. The summed E-state index contributed by atoms with van der Waals surface area (Å²) in [5.74, 6) is -1.11. The summed E-state index contributed by atoms with van der Waals surface area (Å²) >= 11 is 0. The smallest absolute Gasteiger partial charge is 0.336 e. The van der Waals surface area contributed by atoms with Crippen LogP contribution in [0.2, 0.25) is 0 Å². The van der Waals surface area contributed by atoms with E-state index in [0.29, 0.717) is 65.0 Å². The van der Waals surface area contributed by atoms with Gasteiger partial charge in [0, 0.05) is 40.9 Å². The van der Waals surface area contributed by atoms with Gasteiger partial charge in [0.15, 0.2) is 5.43 Å². The van der Waals surface area contributed by atoms with Gasteiger partial charge in [-0.2, -0.15) is 5.48 Å². The number of aromatic hydroxyl groups is 1. The first-order chi connectivity index (χ1) is 18.7. The Kier molecular flexibility index (Phi) is 8.13. The van der Waals surface area contributed by atoms with Crippen LogP contribution < -0.4 is 27.3 Å². The second-order valence-corrected chi connectivity index (χ2v) is 8.99.